The lowest BCUT2D eigenvalue weighted by Crippen LogP contribution is -2.23. The summed E-state index contributed by atoms with van der Waals surface area (Å²) in [6.07, 6.45) is 3.53. The van der Waals surface area contributed by atoms with Gasteiger partial charge in [0.2, 0.25) is 0 Å². The van der Waals surface area contributed by atoms with Crippen LogP contribution in [0.3, 0.4) is 0 Å². The lowest BCUT2D eigenvalue weighted by Gasteiger charge is -2.30. The number of aromatic nitrogens is 2. The van der Waals surface area contributed by atoms with Crippen LogP contribution in [0.25, 0.3) is 11.0 Å². The van der Waals surface area contributed by atoms with Gasteiger partial charge < -0.3 is 4.57 Å². The molecule has 1 aliphatic rings. The molecule has 5 heteroatoms. The second-order valence-corrected chi connectivity index (χ2v) is 7.30. The minimum Gasteiger partial charge on any atom is -0.323 e. The van der Waals surface area contributed by atoms with Gasteiger partial charge in [-0.25, -0.2) is 9.37 Å². The fourth-order valence-corrected chi connectivity index (χ4v) is 3.89. The van der Waals surface area contributed by atoms with Gasteiger partial charge in [-0.05, 0) is 40.3 Å². The zero-order valence-electron chi connectivity index (χ0n) is 11.6. The Bertz CT molecular complexity index is 665. The van der Waals surface area contributed by atoms with Crippen molar-refractivity contribution in [2.45, 2.75) is 45.0 Å². The zero-order chi connectivity index (χ0) is 14.5. The monoisotopic (exact) mass is 358 g/mol. The van der Waals surface area contributed by atoms with E-state index >= 15 is 0 Å². The predicted octanol–water partition coefficient (Wildman–Crippen LogP) is 5.43. The maximum atomic E-state index is 13.7. The van der Waals surface area contributed by atoms with E-state index in [4.69, 9.17) is 11.6 Å². The van der Waals surface area contributed by atoms with E-state index in [1.807, 2.05) is 6.07 Å². The van der Waals surface area contributed by atoms with Crippen LogP contribution in [0.15, 0.2) is 16.6 Å². The van der Waals surface area contributed by atoms with E-state index in [1.165, 1.54) is 18.9 Å². The van der Waals surface area contributed by atoms with Crippen molar-refractivity contribution in [3.63, 3.8) is 0 Å². The van der Waals surface area contributed by atoms with Crippen molar-refractivity contribution in [3.8, 4) is 0 Å². The molecule has 1 heterocycles. The molecule has 0 amide bonds. The van der Waals surface area contributed by atoms with Gasteiger partial charge >= 0.3 is 0 Å². The number of imidazole rings is 1. The number of alkyl halides is 1. The molecule has 0 spiro atoms. The molecule has 2 aromatic rings. The second kappa shape index (κ2) is 4.99. The molecule has 1 aliphatic carbocycles. The van der Waals surface area contributed by atoms with E-state index in [2.05, 4.69) is 39.3 Å². The van der Waals surface area contributed by atoms with Crippen molar-refractivity contribution >= 4 is 38.6 Å². The molecule has 0 aliphatic heterocycles. The van der Waals surface area contributed by atoms with Gasteiger partial charge in [-0.15, -0.1) is 11.6 Å². The first-order valence-electron chi connectivity index (χ1n) is 6.86. The number of fused-ring (bicyclic) bond motifs is 1. The summed E-state index contributed by atoms with van der Waals surface area (Å²) in [6.45, 7) is 4.57. The lowest BCUT2D eigenvalue weighted by atomic mass is 9.87. The van der Waals surface area contributed by atoms with Crippen molar-refractivity contribution in [1.29, 1.82) is 0 Å². The summed E-state index contributed by atoms with van der Waals surface area (Å²) in [6, 6.07) is 3.68. The van der Waals surface area contributed by atoms with Crippen molar-refractivity contribution in [2.75, 3.05) is 0 Å². The average molecular weight is 360 g/mol. The Morgan fingerprint density at radius 1 is 1.50 bits per heavy atom. The van der Waals surface area contributed by atoms with Gasteiger partial charge in [-0.3, -0.25) is 0 Å². The third-order valence-corrected chi connectivity index (χ3v) is 5.28. The number of nitrogens with zero attached hydrogens (tertiary/aromatic N) is 2. The fourth-order valence-electron chi connectivity index (χ4n) is 3.37. The molecule has 20 heavy (non-hydrogen) atoms. The van der Waals surface area contributed by atoms with Crippen LogP contribution in [0.2, 0.25) is 0 Å². The normalized spacial score (nSPS) is 21.8. The lowest BCUT2D eigenvalue weighted by molar-refractivity contribution is 0.262. The molecule has 1 aromatic carbocycles. The molecular weight excluding hydrogens is 343 g/mol. The zero-order valence-corrected chi connectivity index (χ0v) is 13.9. The molecule has 1 fully saturated rings. The molecule has 3 rings (SSSR count). The van der Waals surface area contributed by atoms with Crippen LogP contribution in [0.5, 0.6) is 0 Å². The van der Waals surface area contributed by atoms with E-state index in [-0.39, 0.29) is 11.2 Å². The molecule has 0 saturated heterocycles. The van der Waals surface area contributed by atoms with Crippen molar-refractivity contribution in [1.82, 2.24) is 9.55 Å². The molecule has 0 bridgehead atoms. The van der Waals surface area contributed by atoms with Crippen LogP contribution >= 0.6 is 27.5 Å². The molecular formula is C15H17BrClFN2. The maximum absolute atomic E-state index is 13.7. The van der Waals surface area contributed by atoms with E-state index in [1.54, 1.807) is 0 Å². The highest BCUT2D eigenvalue weighted by Crippen LogP contribution is 2.47. The summed E-state index contributed by atoms with van der Waals surface area (Å²) in [4.78, 5) is 4.51. The van der Waals surface area contributed by atoms with E-state index < -0.39 is 0 Å². The van der Waals surface area contributed by atoms with E-state index in [0.29, 0.717) is 21.9 Å². The SMILES string of the molecule is CC1(C)CCCC1n1c(CCl)nc2cc(F)c(Br)cc21. The number of hydrogen-bond donors (Lipinski definition) is 0. The topological polar surface area (TPSA) is 17.8 Å². The highest BCUT2D eigenvalue weighted by Gasteiger charge is 2.37. The first kappa shape index (κ1) is 14.3. The van der Waals surface area contributed by atoms with Crippen molar-refractivity contribution < 1.29 is 4.39 Å². The fraction of sp³-hybridized carbons (Fsp3) is 0.533. The molecule has 108 valence electrons. The number of rotatable bonds is 2. The quantitative estimate of drug-likeness (QED) is 0.654. The summed E-state index contributed by atoms with van der Waals surface area (Å²) in [5, 5.41) is 0. The summed E-state index contributed by atoms with van der Waals surface area (Å²) in [7, 11) is 0. The van der Waals surface area contributed by atoms with Crippen LogP contribution in [0.1, 0.15) is 45.0 Å². The summed E-state index contributed by atoms with van der Waals surface area (Å²) in [5.41, 5.74) is 1.87. The number of hydrogen-bond acceptors (Lipinski definition) is 1. The molecule has 1 unspecified atom stereocenters. The predicted molar refractivity (Wildman–Crippen MR) is 83.6 cm³/mol. The van der Waals surface area contributed by atoms with Gasteiger partial charge in [0.1, 0.15) is 11.6 Å². The van der Waals surface area contributed by atoms with Crippen LogP contribution in [-0.2, 0) is 5.88 Å². The third kappa shape index (κ3) is 2.17. The van der Waals surface area contributed by atoms with Crippen LogP contribution in [0.4, 0.5) is 4.39 Å². The Kier molecular flexibility index (Phi) is 3.57. The third-order valence-electron chi connectivity index (χ3n) is 4.44. The van der Waals surface area contributed by atoms with Gasteiger partial charge in [-0.2, -0.15) is 0 Å². The first-order chi connectivity index (χ1) is 9.44. The molecule has 0 radical (unpaired) electrons. The molecule has 1 saturated carbocycles. The van der Waals surface area contributed by atoms with Crippen LogP contribution in [0, 0.1) is 11.2 Å². The Hall–Kier alpha value is -0.610. The Morgan fingerprint density at radius 3 is 2.85 bits per heavy atom. The summed E-state index contributed by atoms with van der Waals surface area (Å²) >= 11 is 9.34. The largest absolute Gasteiger partial charge is 0.323 e. The minimum atomic E-state index is -0.283. The van der Waals surface area contributed by atoms with Gasteiger partial charge in [0, 0.05) is 12.1 Å². The van der Waals surface area contributed by atoms with Crippen LogP contribution < -0.4 is 0 Å². The van der Waals surface area contributed by atoms with E-state index in [9.17, 15) is 4.39 Å². The number of halogens is 3. The minimum absolute atomic E-state index is 0.218. The standard InChI is InChI=1S/C15H17BrClFN2/c1-15(2)5-3-4-13(15)20-12-6-9(16)10(18)7-11(12)19-14(20)8-17/h6-7,13H,3-5,8H2,1-2H3. The second-order valence-electron chi connectivity index (χ2n) is 6.18. The van der Waals surface area contributed by atoms with Crippen molar-refractivity contribution in [3.05, 3.63) is 28.2 Å². The average Bonchev–Trinajstić information content (AvgIpc) is 2.89. The molecule has 1 atom stereocenters. The van der Waals surface area contributed by atoms with Gasteiger partial charge in [0.05, 0.1) is 21.4 Å². The Labute approximate surface area is 131 Å². The molecule has 1 aromatic heterocycles. The highest BCUT2D eigenvalue weighted by molar-refractivity contribution is 9.10. The molecule has 2 nitrogen and oxygen atoms in total. The molecule has 0 N–H and O–H groups in total. The van der Waals surface area contributed by atoms with Gasteiger partial charge in [0.25, 0.3) is 0 Å². The summed E-state index contributed by atoms with van der Waals surface area (Å²) in [5.74, 6) is 0.897. The summed E-state index contributed by atoms with van der Waals surface area (Å²) < 4.78 is 16.4. The maximum Gasteiger partial charge on any atom is 0.139 e. The van der Waals surface area contributed by atoms with Crippen LogP contribution in [-0.4, -0.2) is 9.55 Å². The first-order valence-corrected chi connectivity index (χ1v) is 8.18. The van der Waals surface area contributed by atoms with E-state index in [0.717, 1.165) is 17.8 Å². The Morgan fingerprint density at radius 2 is 2.25 bits per heavy atom. The van der Waals surface area contributed by atoms with Gasteiger partial charge in [-0.1, -0.05) is 20.3 Å². The Balaban J connectivity index is 2.25. The van der Waals surface area contributed by atoms with Crippen molar-refractivity contribution in [2.24, 2.45) is 5.41 Å². The smallest absolute Gasteiger partial charge is 0.139 e. The van der Waals surface area contributed by atoms with Gasteiger partial charge in [0.15, 0.2) is 0 Å². The number of benzene rings is 1. The highest BCUT2D eigenvalue weighted by atomic mass is 79.9.